The highest BCUT2D eigenvalue weighted by Crippen LogP contribution is 2.19. The fraction of sp³-hybridized carbons (Fsp3) is 0.125. The van der Waals surface area contributed by atoms with Crippen molar-refractivity contribution in [3.8, 4) is 5.75 Å². The molecule has 5 nitrogen and oxygen atoms in total. The molecule has 2 aromatic carbocycles. The molecule has 5 heteroatoms. The molecule has 2 aromatic rings. The number of carbonyl (C=O) groups is 2. The summed E-state index contributed by atoms with van der Waals surface area (Å²) in [5.74, 6) is -1.16. The molecule has 2 rings (SSSR count). The maximum Gasteiger partial charge on any atom is 0.335 e. The van der Waals surface area contributed by atoms with Crippen molar-refractivity contribution in [3.05, 3.63) is 59.7 Å². The number of phenols is 1. The molecule has 0 aliphatic rings. The third kappa shape index (κ3) is 3.39. The van der Waals surface area contributed by atoms with Gasteiger partial charge in [-0.1, -0.05) is 18.2 Å². The molecule has 0 saturated heterocycles. The zero-order chi connectivity index (χ0) is 15.4. The summed E-state index contributed by atoms with van der Waals surface area (Å²) in [6, 6.07) is 12.7. The zero-order valence-electron chi connectivity index (χ0n) is 11.5. The van der Waals surface area contributed by atoms with Gasteiger partial charge in [-0.2, -0.15) is 0 Å². The number of hydrogen-bond donors (Lipinski definition) is 2. The number of aromatic carboxylic acids is 1. The van der Waals surface area contributed by atoms with E-state index in [4.69, 9.17) is 5.11 Å². The van der Waals surface area contributed by atoms with Crippen molar-refractivity contribution in [2.45, 2.75) is 6.42 Å². The molecule has 21 heavy (non-hydrogen) atoms. The number of phenolic OH excluding ortho intramolecular Hbond substituents is 1. The number of anilines is 1. The molecule has 0 bridgehead atoms. The maximum atomic E-state index is 12.2. The molecule has 0 atom stereocenters. The predicted molar refractivity (Wildman–Crippen MR) is 78.6 cm³/mol. The molecular formula is C16H15NO4. The molecule has 0 heterocycles. The molecular weight excluding hydrogens is 270 g/mol. The van der Waals surface area contributed by atoms with E-state index in [1.165, 1.54) is 23.1 Å². The van der Waals surface area contributed by atoms with Crippen molar-refractivity contribution in [2.24, 2.45) is 0 Å². The molecule has 0 aromatic heterocycles. The van der Waals surface area contributed by atoms with Crippen LogP contribution in [0.2, 0.25) is 0 Å². The fourth-order valence-electron chi connectivity index (χ4n) is 1.98. The van der Waals surface area contributed by atoms with Crippen molar-refractivity contribution in [3.63, 3.8) is 0 Å². The standard InChI is InChI=1S/C16H15NO4/c1-17(12-6-8-13(18)9-7-12)15(19)10-11-4-2-3-5-14(11)16(20)21/h2-9,18H,10H2,1H3,(H,20,21). The number of amides is 1. The van der Waals surface area contributed by atoms with Crippen LogP contribution in [0, 0.1) is 0 Å². The summed E-state index contributed by atoms with van der Waals surface area (Å²) in [4.78, 5) is 24.8. The number of rotatable bonds is 4. The minimum Gasteiger partial charge on any atom is -0.508 e. The van der Waals surface area contributed by atoms with E-state index in [1.807, 2.05) is 0 Å². The molecule has 1 amide bonds. The van der Waals surface area contributed by atoms with Crippen molar-refractivity contribution in [2.75, 3.05) is 11.9 Å². The first-order chi connectivity index (χ1) is 9.99. The Balaban J connectivity index is 2.18. The van der Waals surface area contributed by atoms with Gasteiger partial charge in [0.2, 0.25) is 5.91 Å². The molecule has 108 valence electrons. The lowest BCUT2D eigenvalue weighted by molar-refractivity contribution is -0.117. The lowest BCUT2D eigenvalue weighted by atomic mass is 10.0. The Morgan fingerprint density at radius 2 is 1.67 bits per heavy atom. The number of benzene rings is 2. The summed E-state index contributed by atoms with van der Waals surface area (Å²) < 4.78 is 0. The number of likely N-dealkylation sites (N-methyl/N-ethyl adjacent to an activating group) is 1. The van der Waals surface area contributed by atoms with Gasteiger partial charge in [0.05, 0.1) is 12.0 Å². The first-order valence-electron chi connectivity index (χ1n) is 6.36. The zero-order valence-corrected chi connectivity index (χ0v) is 11.5. The van der Waals surface area contributed by atoms with Crippen molar-refractivity contribution >= 4 is 17.6 Å². The summed E-state index contributed by atoms with van der Waals surface area (Å²) in [5, 5.41) is 18.4. The van der Waals surface area contributed by atoms with Gasteiger partial charge in [0.25, 0.3) is 0 Å². The first-order valence-corrected chi connectivity index (χ1v) is 6.36. The Bertz CT molecular complexity index is 664. The van der Waals surface area contributed by atoms with Crippen molar-refractivity contribution in [1.82, 2.24) is 0 Å². The highest BCUT2D eigenvalue weighted by molar-refractivity contribution is 5.97. The SMILES string of the molecule is CN(C(=O)Cc1ccccc1C(=O)O)c1ccc(O)cc1. The van der Waals surface area contributed by atoms with E-state index in [0.717, 1.165) is 0 Å². The summed E-state index contributed by atoms with van der Waals surface area (Å²) in [7, 11) is 1.61. The fourth-order valence-corrected chi connectivity index (χ4v) is 1.98. The number of carboxylic acid groups (broad SMARTS) is 1. The van der Waals surface area contributed by atoms with E-state index in [0.29, 0.717) is 11.3 Å². The van der Waals surface area contributed by atoms with Crippen LogP contribution in [0.1, 0.15) is 15.9 Å². The lowest BCUT2D eigenvalue weighted by Gasteiger charge is -2.18. The minimum atomic E-state index is -1.05. The van der Waals surface area contributed by atoms with Crippen LogP contribution in [-0.2, 0) is 11.2 Å². The molecule has 0 fully saturated rings. The number of hydrogen-bond acceptors (Lipinski definition) is 3. The van der Waals surface area contributed by atoms with Gasteiger partial charge in [-0.25, -0.2) is 4.79 Å². The van der Waals surface area contributed by atoms with Gasteiger partial charge in [0.1, 0.15) is 5.75 Å². The van der Waals surface area contributed by atoms with E-state index in [2.05, 4.69) is 0 Å². The van der Waals surface area contributed by atoms with Crippen LogP contribution in [0.25, 0.3) is 0 Å². The monoisotopic (exact) mass is 285 g/mol. The number of carbonyl (C=O) groups excluding carboxylic acids is 1. The van der Waals surface area contributed by atoms with Gasteiger partial charge < -0.3 is 15.1 Å². The molecule has 0 aliphatic heterocycles. The van der Waals surface area contributed by atoms with Gasteiger partial charge in [-0.05, 0) is 35.9 Å². The van der Waals surface area contributed by atoms with Crippen LogP contribution >= 0.6 is 0 Å². The Kier molecular flexibility index (Phi) is 4.23. The van der Waals surface area contributed by atoms with E-state index < -0.39 is 5.97 Å². The maximum absolute atomic E-state index is 12.2. The van der Waals surface area contributed by atoms with E-state index in [-0.39, 0.29) is 23.6 Å². The van der Waals surface area contributed by atoms with E-state index in [9.17, 15) is 14.7 Å². The molecule has 0 radical (unpaired) electrons. The van der Waals surface area contributed by atoms with Crippen LogP contribution in [0.15, 0.2) is 48.5 Å². The van der Waals surface area contributed by atoms with Gasteiger partial charge in [-0.3, -0.25) is 4.79 Å². The predicted octanol–water partition coefficient (Wildman–Crippen LogP) is 2.30. The molecule has 0 spiro atoms. The minimum absolute atomic E-state index is 0.000149. The van der Waals surface area contributed by atoms with Gasteiger partial charge in [0, 0.05) is 12.7 Å². The summed E-state index contributed by atoms with van der Waals surface area (Å²) in [6.07, 6.45) is -0.000149. The lowest BCUT2D eigenvalue weighted by Crippen LogP contribution is -2.28. The second-order valence-corrected chi connectivity index (χ2v) is 4.61. The number of aromatic hydroxyl groups is 1. The van der Waals surface area contributed by atoms with Crippen LogP contribution in [0.3, 0.4) is 0 Å². The highest BCUT2D eigenvalue weighted by Gasteiger charge is 2.16. The molecule has 0 aliphatic carbocycles. The smallest absolute Gasteiger partial charge is 0.335 e. The van der Waals surface area contributed by atoms with Gasteiger partial charge in [0.15, 0.2) is 0 Å². The average Bonchev–Trinajstić information content (AvgIpc) is 2.47. The second-order valence-electron chi connectivity index (χ2n) is 4.61. The Morgan fingerprint density at radius 1 is 1.05 bits per heavy atom. The van der Waals surface area contributed by atoms with Crippen LogP contribution < -0.4 is 4.90 Å². The Morgan fingerprint density at radius 3 is 2.29 bits per heavy atom. The highest BCUT2D eigenvalue weighted by atomic mass is 16.4. The van der Waals surface area contributed by atoms with Crippen LogP contribution in [0.4, 0.5) is 5.69 Å². The van der Waals surface area contributed by atoms with Gasteiger partial charge >= 0.3 is 5.97 Å². The second kappa shape index (κ2) is 6.09. The third-order valence-corrected chi connectivity index (χ3v) is 3.20. The quantitative estimate of drug-likeness (QED) is 0.903. The number of nitrogens with zero attached hydrogens (tertiary/aromatic N) is 1. The van der Waals surface area contributed by atoms with E-state index in [1.54, 1.807) is 37.4 Å². The van der Waals surface area contributed by atoms with E-state index >= 15 is 0 Å². The largest absolute Gasteiger partial charge is 0.508 e. The van der Waals surface area contributed by atoms with Crippen LogP contribution in [0.5, 0.6) is 5.75 Å². The molecule has 0 saturated carbocycles. The summed E-state index contributed by atoms with van der Waals surface area (Å²) >= 11 is 0. The summed E-state index contributed by atoms with van der Waals surface area (Å²) in [6.45, 7) is 0. The third-order valence-electron chi connectivity index (χ3n) is 3.20. The summed E-state index contributed by atoms with van der Waals surface area (Å²) in [5.41, 5.74) is 1.23. The van der Waals surface area contributed by atoms with Gasteiger partial charge in [-0.15, -0.1) is 0 Å². The average molecular weight is 285 g/mol. The topological polar surface area (TPSA) is 77.8 Å². The van der Waals surface area contributed by atoms with Crippen molar-refractivity contribution < 1.29 is 19.8 Å². The Labute approximate surface area is 122 Å². The normalized spacial score (nSPS) is 10.1. The first kappa shape index (κ1) is 14.6. The van der Waals surface area contributed by atoms with Crippen LogP contribution in [-0.4, -0.2) is 29.1 Å². The van der Waals surface area contributed by atoms with Crippen molar-refractivity contribution in [1.29, 1.82) is 0 Å². The molecule has 0 unspecified atom stereocenters. The number of carboxylic acids is 1. The Hall–Kier alpha value is -2.82. The molecule has 2 N–H and O–H groups in total.